The van der Waals surface area contributed by atoms with Crippen molar-refractivity contribution >= 4 is 11.8 Å². The van der Waals surface area contributed by atoms with Gasteiger partial charge in [0.15, 0.2) is 5.54 Å². The molecular weight excluding hydrogens is 323 g/mol. The molecule has 1 unspecified atom stereocenters. The van der Waals surface area contributed by atoms with E-state index in [9.17, 15) is 14.0 Å². The van der Waals surface area contributed by atoms with Crippen molar-refractivity contribution in [2.45, 2.75) is 25.3 Å². The first-order chi connectivity index (χ1) is 12.0. The molecule has 1 aliphatic heterocycles. The number of nitrogens with zero attached hydrogens (tertiary/aromatic N) is 3. The van der Waals surface area contributed by atoms with Gasteiger partial charge < -0.3 is 10.2 Å². The molecule has 1 atom stereocenters. The molecule has 1 saturated heterocycles. The van der Waals surface area contributed by atoms with Crippen LogP contribution in [-0.4, -0.2) is 46.6 Å². The summed E-state index contributed by atoms with van der Waals surface area (Å²) in [6.07, 6.45) is 4.59. The van der Waals surface area contributed by atoms with Crippen LogP contribution in [0.2, 0.25) is 0 Å². The van der Waals surface area contributed by atoms with Crippen LogP contribution < -0.4 is 5.32 Å². The molecule has 2 aromatic rings. The second-order valence-electron chi connectivity index (χ2n) is 6.36. The van der Waals surface area contributed by atoms with Crippen LogP contribution in [0.25, 0.3) is 0 Å². The van der Waals surface area contributed by atoms with Crippen LogP contribution in [0.15, 0.2) is 36.7 Å². The van der Waals surface area contributed by atoms with E-state index >= 15 is 0 Å². The van der Waals surface area contributed by atoms with E-state index in [-0.39, 0.29) is 23.9 Å². The zero-order chi connectivity index (χ0) is 18.0. The van der Waals surface area contributed by atoms with E-state index in [1.807, 2.05) is 0 Å². The number of rotatable bonds is 3. The zero-order valence-electron chi connectivity index (χ0n) is 14.3. The molecule has 7 heteroatoms. The first-order valence-corrected chi connectivity index (χ1v) is 8.26. The molecule has 1 N–H and O–H groups in total. The second kappa shape index (κ2) is 6.66. The number of likely N-dealkylation sites (tertiary alicyclic amines) is 1. The van der Waals surface area contributed by atoms with Crippen molar-refractivity contribution < 1.29 is 14.0 Å². The van der Waals surface area contributed by atoms with Gasteiger partial charge in [0, 0.05) is 31.5 Å². The maximum Gasteiger partial charge on any atom is 0.254 e. The molecule has 0 bridgehead atoms. The van der Waals surface area contributed by atoms with Crippen molar-refractivity contribution in [3.8, 4) is 0 Å². The van der Waals surface area contributed by atoms with Crippen molar-refractivity contribution in [3.63, 3.8) is 0 Å². The van der Waals surface area contributed by atoms with Crippen molar-refractivity contribution in [2.24, 2.45) is 0 Å². The summed E-state index contributed by atoms with van der Waals surface area (Å²) in [5.74, 6) is -0.879. The number of carbonyl (C=O) groups is 2. The van der Waals surface area contributed by atoms with Gasteiger partial charge in [0.1, 0.15) is 5.82 Å². The summed E-state index contributed by atoms with van der Waals surface area (Å²) in [6, 6.07) is 6.21. The average Bonchev–Trinajstić information content (AvgIpc) is 3.18. The molecule has 132 valence electrons. The van der Waals surface area contributed by atoms with Crippen molar-refractivity contribution in [1.82, 2.24) is 20.0 Å². The second-order valence-corrected chi connectivity index (χ2v) is 6.36. The van der Waals surface area contributed by atoms with E-state index in [0.29, 0.717) is 24.9 Å². The first kappa shape index (κ1) is 17.1. The maximum atomic E-state index is 13.8. The van der Waals surface area contributed by atoms with Gasteiger partial charge in [0.2, 0.25) is 5.91 Å². The van der Waals surface area contributed by atoms with E-state index in [2.05, 4.69) is 10.4 Å². The summed E-state index contributed by atoms with van der Waals surface area (Å²) < 4.78 is 15.4. The Morgan fingerprint density at radius 3 is 2.80 bits per heavy atom. The molecule has 25 heavy (non-hydrogen) atoms. The minimum absolute atomic E-state index is 0.191. The van der Waals surface area contributed by atoms with Crippen LogP contribution in [0.1, 0.15) is 28.8 Å². The largest absolute Gasteiger partial charge is 0.357 e. The average molecular weight is 344 g/mol. The quantitative estimate of drug-likeness (QED) is 0.922. The third-order valence-electron chi connectivity index (χ3n) is 4.77. The van der Waals surface area contributed by atoms with Crippen LogP contribution >= 0.6 is 0 Å². The third-order valence-corrected chi connectivity index (χ3v) is 4.77. The summed E-state index contributed by atoms with van der Waals surface area (Å²) in [6.45, 7) is 2.37. The van der Waals surface area contributed by atoms with Crippen LogP contribution in [0.3, 0.4) is 0 Å². The molecule has 2 heterocycles. The van der Waals surface area contributed by atoms with Crippen LogP contribution in [0.5, 0.6) is 0 Å². The Morgan fingerprint density at radius 1 is 1.36 bits per heavy atom. The SMILES string of the molecule is CNC(=O)C1(n2cccn2)CCCN(C(=O)c2ccc(C)c(F)c2)C1. The molecule has 0 saturated carbocycles. The van der Waals surface area contributed by atoms with E-state index in [1.165, 1.54) is 6.07 Å². The number of amides is 2. The number of nitrogens with one attached hydrogen (secondary N) is 1. The van der Waals surface area contributed by atoms with E-state index in [4.69, 9.17) is 0 Å². The van der Waals surface area contributed by atoms with Crippen molar-refractivity contribution in [2.75, 3.05) is 20.1 Å². The summed E-state index contributed by atoms with van der Waals surface area (Å²) in [5, 5.41) is 6.91. The van der Waals surface area contributed by atoms with Crippen LogP contribution in [-0.2, 0) is 10.3 Å². The fourth-order valence-electron chi connectivity index (χ4n) is 3.35. The molecular formula is C18H21FN4O2. The normalized spacial score (nSPS) is 20.4. The molecule has 0 spiro atoms. The van der Waals surface area contributed by atoms with Gasteiger partial charge in [0.05, 0.1) is 6.54 Å². The Kier molecular flexibility index (Phi) is 4.57. The monoisotopic (exact) mass is 344 g/mol. The van der Waals surface area contributed by atoms with Gasteiger partial charge in [-0.05, 0) is 43.5 Å². The Balaban J connectivity index is 1.92. The Morgan fingerprint density at radius 2 is 2.16 bits per heavy atom. The molecule has 6 nitrogen and oxygen atoms in total. The highest BCUT2D eigenvalue weighted by Gasteiger charge is 2.45. The van der Waals surface area contributed by atoms with Gasteiger partial charge in [-0.3, -0.25) is 14.3 Å². The lowest BCUT2D eigenvalue weighted by molar-refractivity contribution is -0.132. The van der Waals surface area contributed by atoms with Gasteiger partial charge in [0.25, 0.3) is 5.91 Å². The molecule has 0 aliphatic carbocycles. The predicted octanol–water partition coefficient (Wildman–Crippen LogP) is 1.71. The van der Waals surface area contributed by atoms with Crippen LogP contribution in [0.4, 0.5) is 4.39 Å². The number of hydrogen-bond acceptors (Lipinski definition) is 3. The minimum Gasteiger partial charge on any atom is -0.357 e. The van der Waals surface area contributed by atoms with E-state index in [1.54, 1.807) is 54.1 Å². The molecule has 1 aromatic carbocycles. The summed E-state index contributed by atoms with van der Waals surface area (Å²) >= 11 is 0. The van der Waals surface area contributed by atoms with E-state index < -0.39 is 11.4 Å². The highest BCUT2D eigenvalue weighted by atomic mass is 19.1. The number of piperidine rings is 1. The predicted molar refractivity (Wildman–Crippen MR) is 90.5 cm³/mol. The lowest BCUT2D eigenvalue weighted by Gasteiger charge is -2.41. The lowest BCUT2D eigenvalue weighted by atomic mass is 9.87. The van der Waals surface area contributed by atoms with Gasteiger partial charge in [-0.2, -0.15) is 5.10 Å². The number of hydrogen-bond donors (Lipinski definition) is 1. The Bertz CT molecular complexity index is 790. The van der Waals surface area contributed by atoms with Crippen molar-refractivity contribution in [1.29, 1.82) is 0 Å². The summed E-state index contributed by atoms with van der Waals surface area (Å²) in [4.78, 5) is 27.1. The number of benzene rings is 1. The van der Waals surface area contributed by atoms with Gasteiger partial charge >= 0.3 is 0 Å². The molecule has 0 radical (unpaired) electrons. The highest BCUT2D eigenvalue weighted by Crippen LogP contribution is 2.29. The molecule has 1 fully saturated rings. The van der Waals surface area contributed by atoms with Crippen molar-refractivity contribution in [3.05, 3.63) is 53.6 Å². The number of aryl methyl sites for hydroxylation is 1. The molecule has 3 rings (SSSR count). The first-order valence-electron chi connectivity index (χ1n) is 8.26. The molecule has 1 aromatic heterocycles. The molecule has 1 aliphatic rings. The number of halogens is 1. The smallest absolute Gasteiger partial charge is 0.254 e. The Hall–Kier alpha value is -2.70. The van der Waals surface area contributed by atoms with Gasteiger partial charge in [-0.25, -0.2) is 4.39 Å². The van der Waals surface area contributed by atoms with Gasteiger partial charge in [-0.15, -0.1) is 0 Å². The molecule has 2 amide bonds. The van der Waals surface area contributed by atoms with E-state index in [0.717, 1.165) is 0 Å². The minimum atomic E-state index is -0.949. The summed E-state index contributed by atoms with van der Waals surface area (Å²) in [5.41, 5.74) is -0.169. The number of carbonyl (C=O) groups excluding carboxylic acids is 2. The fraction of sp³-hybridized carbons (Fsp3) is 0.389. The topological polar surface area (TPSA) is 67.2 Å². The standard InChI is InChI=1S/C18H21FN4O2/c1-13-5-6-14(11-15(13)19)16(24)22-9-3-7-18(12-22,17(25)20-2)23-10-4-8-21-23/h4-6,8,10-11H,3,7,9,12H2,1-2H3,(H,20,25). The third kappa shape index (κ3) is 3.01. The zero-order valence-corrected chi connectivity index (χ0v) is 14.3. The number of aromatic nitrogens is 2. The van der Waals surface area contributed by atoms with Crippen LogP contribution in [0, 0.1) is 12.7 Å². The summed E-state index contributed by atoms with van der Waals surface area (Å²) in [7, 11) is 1.57. The lowest BCUT2D eigenvalue weighted by Crippen LogP contribution is -2.59. The highest BCUT2D eigenvalue weighted by molar-refractivity contribution is 5.95. The number of likely N-dealkylation sites (N-methyl/N-ethyl adjacent to an activating group) is 1. The maximum absolute atomic E-state index is 13.8. The Labute approximate surface area is 145 Å². The fourth-order valence-corrected chi connectivity index (χ4v) is 3.35. The van der Waals surface area contributed by atoms with Gasteiger partial charge in [-0.1, -0.05) is 6.07 Å².